The van der Waals surface area contributed by atoms with Gasteiger partial charge in [-0.05, 0) is 63.1 Å². The summed E-state index contributed by atoms with van der Waals surface area (Å²) in [4.78, 5) is 9.73. The third kappa shape index (κ3) is 5.79. The van der Waals surface area contributed by atoms with E-state index in [2.05, 4.69) is 40.6 Å². The molecule has 3 aromatic rings. The van der Waals surface area contributed by atoms with Crippen molar-refractivity contribution >= 4 is 37.4 Å². The SMILES string of the molecule is C[Si](C)(C)CCOCn1c2c(c3cccc(P(C)(C)=O)c31)-c1nc(N[C@H]3CCCC[C@@H]3O)ncc1CCC2. The van der Waals surface area contributed by atoms with Crippen molar-refractivity contribution in [1.29, 1.82) is 0 Å². The highest BCUT2D eigenvalue weighted by molar-refractivity contribution is 7.70. The molecule has 0 radical (unpaired) electrons. The first kappa shape index (κ1) is 27.6. The molecule has 2 aliphatic carbocycles. The zero-order chi connectivity index (χ0) is 27.1. The number of aliphatic hydroxyl groups excluding tert-OH is 1. The number of nitrogens with one attached hydrogen (secondary N) is 1. The zero-order valence-electron chi connectivity index (χ0n) is 23.6. The molecule has 0 saturated heterocycles. The molecule has 2 heterocycles. The minimum absolute atomic E-state index is 0.0224. The summed E-state index contributed by atoms with van der Waals surface area (Å²) in [6, 6.07) is 7.27. The van der Waals surface area contributed by atoms with Gasteiger partial charge in [0.2, 0.25) is 5.95 Å². The molecule has 0 bridgehead atoms. The summed E-state index contributed by atoms with van der Waals surface area (Å²) in [6.07, 6.45) is 8.29. The average Bonchev–Trinajstić information content (AvgIpc) is 3.03. The van der Waals surface area contributed by atoms with Crippen LogP contribution >= 0.6 is 7.14 Å². The lowest BCUT2D eigenvalue weighted by Crippen LogP contribution is -2.36. The Balaban J connectivity index is 1.61. The molecule has 1 saturated carbocycles. The Labute approximate surface area is 227 Å². The number of anilines is 1. The Morgan fingerprint density at radius 2 is 1.95 bits per heavy atom. The molecule has 1 fully saturated rings. The maximum atomic E-state index is 13.5. The maximum Gasteiger partial charge on any atom is 0.223 e. The standard InChI is InChI=1S/C29H43N4O3PSi/c1-37(2,35)25-15-9-11-21-26-23(33(28(21)25)19-36-16-17-38(3,4)5)13-8-10-20-18-30-29(32-27(20)26)31-22-12-6-7-14-24(22)34/h9,11,15,18,22,24,34H,6-8,10,12-14,16-17,19H2,1-5H3,(H,30,31,32)/t22-,24-/m0/s1. The fourth-order valence-corrected chi connectivity index (χ4v) is 7.80. The molecule has 0 unspecified atom stereocenters. The predicted molar refractivity (Wildman–Crippen MR) is 160 cm³/mol. The minimum atomic E-state index is -2.54. The van der Waals surface area contributed by atoms with Crippen LogP contribution in [0.1, 0.15) is 43.4 Å². The van der Waals surface area contributed by atoms with Gasteiger partial charge in [-0.3, -0.25) is 0 Å². The first-order valence-electron chi connectivity index (χ1n) is 14.1. The van der Waals surface area contributed by atoms with Gasteiger partial charge >= 0.3 is 0 Å². The molecule has 0 spiro atoms. The zero-order valence-corrected chi connectivity index (χ0v) is 25.5. The van der Waals surface area contributed by atoms with Crippen LogP contribution in [0.25, 0.3) is 22.2 Å². The normalized spacial score (nSPS) is 20.2. The van der Waals surface area contributed by atoms with Crippen molar-refractivity contribution in [2.24, 2.45) is 0 Å². The lowest BCUT2D eigenvalue weighted by molar-refractivity contribution is 0.0886. The topological polar surface area (TPSA) is 89.3 Å². The summed E-state index contributed by atoms with van der Waals surface area (Å²) >= 11 is 0. The van der Waals surface area contributed by atoms with Crippen molar-refractivity contribution < 1.29 is 14.4 Å². The van der Waals surface area contributed by atoms with Gasteiger partial charge in [-0.15, -0.1) is 0 Å². The first-order chi connectivity index (χ1) is 18.0. The second-order valence-electron chi connectivity index (χ2n) is 12.6. The van der Waals surface area contributed by atoms with Crippen LogP contribution in [0, 0.1) is 0 Å². The third-order valence-electron chi connectivity index (χ3n) is 7.97. The number of aromatic nitrogens is 3. The molecule has 38 heavy (non-hydrogen) atoms. The van der Waals surface area contributed by atoms with E-state index in [0.29, 0.717) is 12.7 Å². The molecule has 1 aromatic carbocycles. The number of fused-ring (bicyclic) bond motifs is 5. The Bertz CT molecular complexity index is 1360. The van der Waals surface area contributed by atoms with Crippen molar-refractivity contribution in [3.63, 3.8) is 0 Å². The van der Waals surface area contributed by atoms with Gasteiger partial charge in [0, 0.05) is 42.8 Å². The predicted octanol–water partition coefficient (Wildman–Crippen LogP) is 5.86. The highest BCUT2D eigenvalue weighted by atomic mass is 31.2. The van der Waals surface area contributed by atoms with E-state index < -0.39 is 15.2 Å². The van der Waals surface area contributed by atoms with Crippen LogP contribution in [0.5, 0.6) is 0 Å². The van der Waals surface area contributed by atoms with Crippen molar-refractivity contribution in [3.05, 3.63) is 35.7 Å². The smallest absolute Gasteiger partial charge is 0.223 e. The lowest BCUT2D eigenvalue weighted by Gasteiger charge is -2.28. The van der Waals surface area contributed by atoms with E-state index in [4.69, 9.17) is 9.72 Å². The fraction of sp³-hybridized carbons (Fsp3) is 0.586. The van der Waals surface area contributed by atoms with Crippen LogP contribution in [-0.2, 0) is 28.9 Å². The molecule has 2 atom stereocenters. The Hall–Kier alpha value is -1.99. The van der Waals surface area contributed by atoms with Gasteiger partial charge in [0.1, 0.15) is 13.9 Å². The summed E-state index contributed by atoms with van der Waals surface area (Å²) < 4.78 is 22.0. The van der Waals surface area contributed by atoms with Crippen LogP contribution in [0.4, 0.5) is 5.95 Å². The number of hydrogen-bond acceptors (Lipinski definition) is 6. The van der Waals surface area contributed by atoms with Crippen molar-refractivity contribution in [2.75, 3.05) is 25.3 Å². The number of rotatable bonds is 8. The van der Waals surface area contributed by atoms with Crippen LogP contribution in [0.15, 0.2) is 24.4 Å². The number of aliphatic hydroxyl groups is 1. The number of aryl methyl sites for hydroxylation is 1. The monoisotopic (exact) mass is 554 g/mol. The highest BCUT2D eigenvalue weighted by Crippen LogP contribution is 2.44. The number of para-hydroxylation sites is 1. The van der Waals surface area contributed by atoms with E-state index in [0.717, 1.165) is 90.6 Å². The van der Waals surface area contributed by atoms with Gasteiger partial charge in [0.25, 0.3) is 0 Å². The molecule has 2 aromatic heterocycles. The van der Waals surface area contributed by atoms with Gasteiger partial charge in [-0.1, -0.05) is 44.6 Å². The van der Waals surface area contributed by atoms with Crippen molar-refractivity contribution in [3.8, 4) is 11.3 Å². The molecule has 0 aliphatic heterocycles. The van der Waals surface area contributed by atoms with Crippen LogP contribution in [0.3, 0.4) is 0 Å². The second-order valence-corrected chi connectivity index (χ2v) is 21.5. The van der Waals surface area contributed by atoms with Gasteiger partial charge < -0.3 is 24.3 Å². The summed E-state index contributed by atoms with van der Waals surface area (Å²) in [6.45, 7) is 12.0. The van der Waals surface area contributed by atoms with Gasteiger partial charge in [-0.25, -0.2) is 9.97 Å². The highest BCUT2D eigenvalue weighted by Gasteiger charge is 2.29. The summed E-state index contributed by atoms with van der Waals surface area (Å²) in [5.74, 6) is 0.572. The molecule has 2 aliphatic rings. The van der Waals surface area contributed by atoms with Crippen molar-refractivity contribution in [2.45, 2.75) is 89.5 Å². The van der Waals surface area contributed by atoms with Crippen LogP contribution in [0.2, 0.25) is 25.7 Å². The summed E-state index contributed by atoms with van der Waals surface area (Å²) in [7, 11) is -3.75. The van der Waals surface area contributed by atoms with E-state index in [1.807, 2.05) is 31.7 Å². The molecule has 5 rings (SSSR count). The number of benzene rings is 1. The number of ether oxygens (including phenoxy) is 1. The largest absolute Gasteiger partial charge is 0.391 e. The molecule has 2 N–H and O–H groups in total. The molecule has 7 nitrogen and oxygen atoms in total. The quantitative estimate of drug-likeness (QED) is 0.206. The van der Waals surface area contributed by atoms with E-state index in [9.17, 15) is 9.67 Å². The minimum Gasteiger partial charge on any atom is -0.391 e. The maximum absolute atomic E-state index is 13.5. The summed E-state index contributed by atoms with van der Waals surface area (Å²) in [5.41, 5.74) is 5.42. The molecular weight excluding hydrogens is 511 g/mol. The molecule has 206 valence electrons. The van der Waals surface area contributed by atoms with Crippen molar-refractivity contribution in [1.82, 2.24) is 14.5 Å². The van der Waals surface area contributed by atoms with E-state index in [1.54, 1.807) is 0 Å². The fourth-order valence-electron chi connectivity index (χ4n) is 5.84. The summed E-state index contributed by atoms with van der Waals surface area (Å²) in [5, 5.41) is 15.9. The Kier molecular flexibility index (Phi) is 7.89. The van der Waals surface area contributed by atoms with E-state index in [-0.39, 0.29) is 12.1 Å². The number of nitrogens with zero attached hydrogens (tertiary/aromatic N) is 3. The first-order valence-corrected chi connectivity index (χ1v) is 20.4. The third-order valence-corrected chi connectivity index (χ3v) is 11.2. The Morgan fingerprint density at radius 1 is 1.16 bits per heavy atom. The van der Waals surface area contributed by atoms with Gasteiger partial charge in [0.15, 0.2) is 0 Å². The average molecular weight is 555 g/mol. The van der Waals surface area contributed by atoms with E-state index >= 15 is 0 Å². The molecule has 0 amide bonds. The molecule has 9 heteroatoms. The van der Waals surface area contributed by atoms with E-state index in [1.165, 1.54) is 5.69 Å². The Morgan fingerprint density at radius 3 is 2.68 bits per heavy atom. The number of hydrogen-bond donors (Lipinski definition) is 2. The second kappa shape index (κ2) is 10.9. The van der Waals surface area contributed by atoms with Crippen LogP contribution in [-0.4, -0.2) is 59.8 Å². The van der Waals surface area contributed by atoms with Gasteiger partial charge in [-0.2, -0.15) is 0 Å². The lowest BCUT2D eigenvalue weighted by atomic mass is 9.93. The van der Waals surface area contributed by atoms with Crippen LogP contribution < -0.4 is 10.6 Å². The van der Waals surface area contributed by atoms with Gasteiger partial charge in [0.05, 0.1) is 23.4 Å². The molecular formula is C29H43N4O3PSi.